The van der Waals surface area contributed by atoms with Crippen LogP contribution in [-0.4, -0.2) is 49.6 Å². The Labute approximate surface area is 136 Å². The van der Waals surface area contributed by atoms with E-state index in [1.165, 1.54) is 12.7 Å². The van der Waals surface area contributed by atoms with Crippen LogP contribution in [0.25, 0.3) is 5.70 Å². The van der Waals surface area contributed by atoms with Crippen molar-refractivity contribution in [3.63, 3.8) is 0 Å². The van der Waals surface area contributed by atoms with Gasteiger partial charge in [-0.05, 0) is 31.9 Å². The highest BCUT2D eigenvalue weighted by molar-refractivity contribution is 5.93. The van der Waals surface area contributed by atoms with Gasteiger partial charge in [0.25, 0.3) is 0 Å². The maximum Gasteiger partial charge on any atom is 0.249 e. The molecule has 23 heavy (non-hydrogen) atoms. The van der Waals surface area contributed by atoms with Gasteiger partial charge in [0.15, 0.2) is 0 Å². The van der Waals surface area contributed by atoms with E-state index in [-0.39, 0.29) is 18.6 Å². The van der Waals surface area contributed by atoms with Gasteiger partial charge in [-0.15, -0.1) is 0 Å². The summed E-state index contributed by atoms with van der Waals surface area (Å²) in [5.74, 6) is 0.638. The van der Waals surface area contributed by atoms with E-state index in [0.29, 0.717) is 12.5 Å². The number of ether oxygens (including phenoxy) is 2. The van der Waals surface area contributed by atoms with Crippen molar-refractivity contribution in [2.45, 2.75) is 25.8 Å². The van der Waals surface area contributed by atoms with Crippen LogP contribution in [0.4, 0.5) is 0 Å². The zero-order valence-electron chi connectivity index (χ0n) is 13.6. The summed E-state index contributed by atoms with van der Waals surface area (Å²) in [6.07, 6.45) is 3.83. The van der Waals surface area contributed by atoms with Gasteiger partial charge in [0.05, 0.1) is 5.70 Å². The lowest BCUT2D eigenvalue weighted by Crippen LogP contribution is -2.43. The molecule has 1 aromatic carbocycles. The van der Waals surface area contributed by atoms with Crippen molar-refractivity contribution in [3.05, 3.63) is 41.5 Å². The first kappa shape index (κ1) is 15.7. The second-order valence-electron chi connectivity index (χ2n) is 5.90. The van der Waals surface area contributed by atoms with Crippen LogP contribution in [0, 0.1) is 6.92 Å². The Balaban J connectivity index is 1.82. The topological polar surface area (TPSA) is 51.1 Å². The summed E-state index contributed by atoms with van der Waals surface area (Å²) in [6, 6.07) is 8.18. The number of likely N-dealkylation sites (tertiary alicyclic amines) is 1. The van der Waals surface area contributed by atoms with E-state index >= 15 is 0 Å². The van der Waals surface area contributed by atoms with Crippen LogP contribution < -0.4 is 0 Å². The summed E-state index contributed by atoms with van der Waals surface area (Å²) < 4.78 is 10.7. The van der Waals surface area contributed by atoms with E-state index in [9.17, 15) is 4.79 Å². The molecular weight excluding hydrogens is 292 g/mol. The van der Waals surface area contributed by atoms with Gasteiger partial charge in [0.2, 0.25) is 11.8 Å². The van der Waals surface area contributed by atoms with E-state index in [2.05, 4.69) is 24.0 Å². The Morgan fingerprint density at radius 3 is 3.13 bits per heavy atom. The molecular formula is C18H22N2O3. The summed E-state index contributed by atoms with van der Waals surface area (Å²) in [6.45, 7) is 3.39. The number of rotatable bonds is 4. The SMILES string of the molecule is COCC(=O)N1CCCC1C1=NC(c2cccc(C)c2)=CCO1. The van der Waals surface area contributed by atoms with Crippen LogP contribution in [0.1, 0.15) is 24.0 Å². The quantitative estimate of drug-likeness (QED) is 0.857. The molecule has 0 bridgehead atoms. The third-order valence-corrected chi connectivity index (χ3v) is 4.18. The van der Waals surface area contributed by atoms with Crippen LogP contribution in [0.3, 0.4) is 0 Å². The van der Waals surface area contributed by atoms with Gasteiger partial charge in [-0.3, -0.25) is 4.79 Å². The van der Waals surface area contributed by atoms with Crippen molar-refractivity contribution in [2.75, 3.05) is 26.9 Å². The van der Waals surface area contributed by atoms with Crippen LogP contribution in [0.15, 0.2) is 35.3 Å². The summed E-state index contributed by atoms with van der Waals surface area (Å²) in [5.41, 5.74) is 3.20. The molecule has 1 unspecified atom stereocenters. The van der Waals surface area contributed by atoms with Gasteiger partial charge in [0.1, 0.15) is 19.3 Å². The monoisotopic (exact) mass is 314 g/mol. The molecule has 3 rings (SSSR count). The van der Waals surface area contributed by atoms with Crippen molar-refractivity contribution in [1.29, 1.82) is 0 Å². The Morgan fingerprint density at radius 2 is 2.35 bits per heavy atom. The maximum atomic E-state index is 12.2. The molecule has 2 heterocycles. The Kier molecular flexibility index (Phi) is 4.76. The van der Waals surface area contributed by atoms with Crippen molar-refractivity contribution < 1.29 is 14.3 Å². The number of nitrogens with zero attached hydrogens (tertiary/aromatic N) is 2. The Hall–Kier alpha value is -2.14. The van der Waals surface area contributed by atoms with Gasteiger partial charge in [0, 0.05) is 19.2 Å². The highest BCUT2D eigenvalue weighted by atomic mass is 16.5. The highest BCUT2D eigenvalue weighted by Crippen LogP contribution is 2.25. The average Bonchev–Trinajstić information content (AvgIpc) is 3.05. The van der Waals surface area contributed by atoms with Gasteiger partial charge in [-0.1, -0.05) is 23.8 Å². The fourth-order valence-electron chi connectivity index (χ4n) is 3.09. The number of carbonyl (C=O) groups excluding carboxylic acids is 1. The molecule has 0 N–H and O–H groups in total. The van der Waals surface area contributed by atoms with Gasteiger partial charge in [-0.25, -0.2) is 4.99 Å². The molecule has 1 aromatic rings. The standard InChI is InChI=1S/C18H22N2O3/c1-13-5-3-6-14(11-13)15-8-10-23-18(19-15)16-7-4-9-20(16)17(21)12-22-2/h3,5-6,8,11,16H,4,7,9-10,12H2,1-2H3. The Bertz CT molecular complexity index is 651. The number of methoxy groups -OCH3 is 1. The molecule has 0 aliphatic carbocycles. The first-order valence-electron chi connectivity index (χ1n) is 7.96. The van der Waals surface area contributed by atoms with E-state index in [1.54, 1.807) is 0 Å². The highest BCUT2D eigenvalue weighted by Gasteiger charge is 2.34. The maximum absolute atomic E-state index is 12.2. The fraction of sp³-hybridized carbons (Fsp3) is 0.444. The van der Waals surface area contributed by atoms with Crippen LogP contribution in [-0.2, 0) is 14.3 Å². The molecule has 122 valence electrons. The predicted molar refractivity (Wildman–Crippen MR) is 89.2 cm³/mol. The molecule has 1 amide bonds. The number of hydrogen-bond acceptors (Lipinski definition) is 4. The minimum Gasteiger partial charge on any atom is -0.475 e. The summed E-state index contributed by atoms with van der Waals surface area (Å²) in [4.78, 5) is 18.7. The number of hydrogen-bond donors (Lipinski definition) is 0. The minimum atomic E-state index is -0.0776. The normalized spacial score (nSPS) is 20.8. The molecule has 0 saturated carbocycles. The minimum absolute atomic E-state index is 0.00652. The third-order valence-electron chi connectivity index (χ3n) is 4.18. The molecule has 2 aliphatic rings. The summed E-state index contributed by atoms with van der Waals surface area (Å²) >= 11 is 0. The Morgan fingerprint density at radius 1 is 1.48 bits per heavy atom. The first-order valence-corrected chi connectivity index (χ1v) is 7.96. The molecule has 1 saturated heterocycles. The van der Waals surface area contributed by atoms with Crippen molar-refractivity contribution >= 4 is 17.5 Å². The molecule has 2 aliphatic heterocycles. The number of benzene rings is 1. The largest absolute Gasteiger partial charge is 0.475 e. The van der Waals surface area contributed by atoms with Crippen LogP contribution in [0.5, 0.6) is 0 Å². The van der Waals surface area contributed by atoms with Crippen molar-refractivity contribution in [3.8, 4) is 0 Å². The van der Waals surface area contributed by atoms with Gasteiger partial charge < -0.3 is 14.4 Å². The molecule has 0 radical (unpaired) electrons. The van der Waals surface area contributed by atoms with Gasteiger partial charge in [-0.2, -0.15) is 0 Å². The van der Waals surface area contributed by atoms with Crippen LogP contribution in [0.2, 0.25) is 0 Å². The lowest BCUT2D eigenvalue weighted by molar-refractivity contribution is -0.135. The zero-order chi connectivity index (χ0) is 16.2. The second-order valence-corrected chi connectivity index (χ2v) is 5.90. The van der Waals surface area contributed by atoms with Crippen molar-refractivity contribution in [1.82, 2.24) is 4.90 Å². The average molecular weight is 314 g/mol. The van der Waals surface area contributed by atoms with E-state index in [1.807, 2.05) is 23.1 Å². The molecule has 0 spiro atoms. The molecule has 1 fully saturated rings. The molecule has 5 nitrogen and oxygen atoms in total. The fourth-order valence-corrected chi connectivity index (χ4v) is 3.09. The number of amides is 1. The number of aliphatic imine (C=N–C) groups is 1. The molecule has 0 aromatic heterocycles. The zero-order valence-corrected chi connectivity index (χ0v) is 13.6. The van der Waals surface area contributed by atoms with E-state index in [0.717, 1.165) is 30.6 Å². The summed E-state index contributed by atoms with van der Waals surface area (Å²) in [5, 5.41) is 0. The second kappa shape index (κ2) is 6.96. The molecule has 1 atom stereocenters. The van der Waals surface area contributed by atoms with Gasteiger partial charge >= 0.3 is 0 Å². The van der Waals surface area contributed by atoms with E-state index < -0.39 is 0 Å². The lowest BCUT2D eigenvalue weighted by atomic mass is 10.1. The number of carbonyl (C=O) groups is 1. The lowest BCUT2D eigenvalue weighted by Gasteiger charge is -2.27. The smallest absolute Gasteiger partial charge is 0.249 e. The van der Waals surface area contributed by atoms with E-state index in [4.69, 9.17) is 9.47 Å². The molecule has 5 heteroatoms. The number of aryl methyl sites for hydroxylation is 1. The summed E-state index contributed by atoms with van der Waals surface area (Å²) in [7, 11) is 1.54. The van der Waals surface area contributed by atoms with Crippen molar-refractivity contribution in [2.24, 2.45) is 4.99 Å². The van der Waals surface area contributed by atoms with Crippen LogP contribution >= 0.6 is 0 Å². The predicted octanol–water partition coefficient (Wildman–Crippen LogP) is 2.40. The third kappa shape index (κ3) is 3.45. The first-order chi connectivity index (χ1) is 11.2.